The van der Waals surface area contributed by atoms with Crippen LogP contribution in [-0.2, 0) is 0 Å². The number of nitrogens with zero attached hydrogens (tertiary/aromatic N) is 2. The second-order valence-electron chi connectivity index (χ2n) is 5.63. The van der Waals surface area contributed by atoms with Gasteiger partial charge in [-0.1, -0.05) is 30.3 Å². The van der Waals surface area contributed by atoms with Gasteiger partial charge in [-0.25, -0.2) is 0 Å². The van der Waals surface area contributed by atoms with E-state index in [9.17, 15) is 0 Å². The maximum absolute atomic E-state index is 3.33. The zero-order valence-electron chi connectivity index (χ0n) is 12.5. The van der Waals surface area contributed by atoms with Crippen LogP contribution in [0.25, 0.3) is 0 Å². The van der Waals surface area contributed by atoms with Crippen LogP contribution in [0.3, 0.4) is 0 Å². The highest BCUT2D eigenvalue weighted by molar-refractivity contribution is 5.18. The van der Waals surface area contributed by atoms with E-state index in [0.717, 1.165) is 13.1 Å². The summed E-state index contributed by atoms with van der Waals surface area (Å²) in [4.78, 5) is 5.12. The van der Waals surface area contributed by atoms with Gasteiger partial charge in [-0.05, 0) is 39.5 Å². The first kappa shape index (κ1) is 14.5. The molecule has 0 amide bonds. The fourth-order valence-corrected chi connectivity index (χ4v) is 2.96. The minimum absolute atomic E-state index is 0.507. The van der Waals surface area contributed by atoms with Crippen LogP contribution >= 0.6 is 0 Å². The molecule has 0 radical (unpaired) electrons. The first-order valence-electron chi connectivity index (χ1n) is 7.36. The summed E-state index contributed by atoms with van der Waals surface area (Å²) in [5, 5.41) is 3.33. The summed E-state index contributed by atoms with van der Waals surface area (Å²) in [6.07, 6.45) is 1.26. The molecule has 1 fully saturated rings. The van der Waals surface area contributed by atoms with Crippen LogP contribution < -0.4 is 5.32 Å². The number of likely N-dealkylation sites (N-methyl/N-ethyl adjacent to an activating group) is 2. The van der Waals surface area contributed by atoms with E-state index in [4.69, 9.17) is 0 Å². The largest absolute Gasteiger partial charge is 0.318 e. The van der Waals surface area contributed by atoms with Crippen molar-refractivity contribution in [2.75, 3.05) is 40.3 Å². The average molecular weight is 261 g/mol. The van der Waals surface area contributed by atoms with Gasteiger partial charge in [0.15, 0.2) is 0 Å². The van der Waals surface area contributed by atoms with Crippen molar-refractivity contribution in [3.05, 3.63) is 35.9 Å². The van der Waals surface area contributed by atoms with Gasteiger partial charge in [0.1, 0.15) is 0 Å². The molecule has 1 aliphatic heterocycles. The Labute approximate surface area is 117 Å². The number of hydrogen-bond donors (Lipinski definition) is 1. The Morgan fingerprint density at radius 1 is 1.26 bits per heavy atom. The molecule has 1 heterocycles. The zero-order valence-corrected chi connectivity index (χ0v) is 12.5. The Kier molecular flexibility index (Phi) is 5.37. The van der Waals surface area contributed by atoms with Crippen LogP contribution in [0.2, 0.25) is 0 Å². The van der Waals surface area contributed by atoms with Crippen molar-refractivity contribution in [1.29, 1.82) is 0 Å². The molecular formula is C16H27N3. The lowest BCUT2D eigenvalue weighted by Crippen LogP contribution is -2.45. The van der Waals surface area contributed by atoms with Crippen LogP contribution in [0, 0.1) is 0 Å². The molecular weight excluding hydrogens is 234 g/mol. The molecule has 0 bridgehead atoms. The predicted molar refractivity (Wildman–Crippen MR) is 81.4 cm³/mol. The molecule has 1 aromatic carbocycles. The molecule has 2 unspecified atom stereocenters. The van der Waals surface area contributed by atoms with Gasteiger partial charge in [0, 0.05) is 31.7 Å². The zero-order chi connectivity index (χ0) is 13.7. The van der Waals surface area contributed by atoms with Crippen molar-refractivity contribution >= 4 is 0 Å². The lowest BCUT2D eigenvalue weighted by atomic mass is 10.1. The summed E-state index contributed by atoms with van der Waals surface area (Å²) < 4.78 is 0. The van der Waals surface area contributed by atoms with Crippen molar-refractivity contribution < 1.29 is 0 Å². The Bertz CT molecular complexity index is 366. The van der Waals surface area contributed by atoms with Gasteiger partial charge < -0.3 is 10.2 Å². The van der Waals surface area contributed by atoms with E-state index in [0.29, 0.717) is 12.1 Å². The predicted octanol–water partition coefficient (Wildman–Crippen LogP) is 1.97. The Morgan fingerprint density at radius 3 is 2.68 bits per heavy atom. The molecule has 1 N–H and O–H groups in total. The van der Waals surface area contributed by atoms with Gasteiger partial charge in [0.05, 0.1) is 0 Å². The Morgan fingerprint density at radius 2 is 2.00 bits per heavy atom. The summed E-state index contributed by atoms with van der Waals surface area (Å²) in [5.74, 6) is 0. The minimum atomic E-state index is 0.507. The summed E-state index contributed by atoms with van der Waals surface area (Å²) in [6.45, 7) is 6.93. The van der Waals surface area contributed by atoms with E-state index >= 15 is 0 Å². The number of nitrogens with one attached hydrogen (secondary N) is 1. The molecule has 1 aromatic rings. The van der Waals surface area contributed by atoms with E-state index in [1.165, 1.54) is 25.1 Å². The molecule has 3 nitrogen and oxygen atoms in total. The van der Waals surface area contributed by atoms with Gasteiger partial charge in [-0.15, -0.1) is 0 Å². The highest BCUT2D eigenvalue weighted by Gasteiger charge is 2.25. The van der Waals surface area contributed by atoms with E-state index in [2.05, 4.69) is 59.4 Å². The maximum Gasteiger partial charge on any atom is 0.0344 e. The molecule has 2 rings (SSSR count). The Hall–Kier alpha value is -0.900. The fraction of sp³-hybridized carbons (Fsp3) is 0.625. The van der Waals surface area contributed by atoms with Gasteiger partial charge >= 0.3 is 0 Å². The molecule has 19 heavy (non-hydrogen) atoms. The van der Waals surface area contributed by atoms with Crippen molar-refractivity contribution in [3.63, 3.8) is 0 Å². The van der Waals surface area contributed by atoms with Crippen LogP contribution in [0.5, 0.6) is 0 Å². The monoisotopic (exact) mass is 261 g/mol. The molecule has 0 aliphatic carbocycles. The Balaban J connectivity index is 2.06. The second kappa shape index (κ2) is 7.04. The van der Waals surface area contributed by atoms with E-state index in [1.54, 1.807) is 0 Å². The standard InChI is InChI=1S/C16H27N3/c1-14(15-8-5-4-6-9-15)19-11-7-10-18(3)16(13-19)12-17-2/h4-6,8-9,14,16-17H,7,10-13H2,1-3H3. The van der Waals surface area contributed by atoms with E-state index in [-0.39, 0.29) is 0 Å². The highest BCUT2D eigenvalue weighted by Crippen LogP contribution is 2.22. The molecule has 106 valence electrons. The molecule has 0 aromatic heterocycles. The molecule has 1 aliphatic rings. The third kappa shape index (κ3) is 3.78. The van der Waals surface area contributed by atoms with E-state index in [1.807, 2.05) is 7.05 Å². The minimum Gasteiger partial charge on any atom is -0.318 e. The van der Waals surface area contributed by atoms with E-state index < -0.39 is 0 Å². The quantitative estimate of drug-likeness (QED) is 0.894. The first-order valence-corrected chi connectivity index (χ1v) is 7.36. The van der Waals surface area contributed by atoms with Crippen LogP contribution in [0.4, 0.5) is 0 Å². The van der Waals surface area contributed by atoms with Crippen molar-refractivity contribution in [3.8, 4) is 0 Å². The summed E-state index contributed by atoms with van der Waals surface area (Å²) in [5.41, 5.74) is 1.43. The van der Waals surface area contributed by atoms with Gasteiger partial charge in [0.25, 0.3) is 0 Å². The van der Waals surface area contributed by atoms with Crippen LogP contribution in [0.15, 0.2) is 30.3 Å². The van der Waals surface area contributed by atoms with Gasteiger partial charge in [-0.3, -0.25) is 4.90 Å². The molecule has 1 saturated heterocycles. The second-order valence-corrected chi connectivity index (χ2v) is 5.63. The molecule has 3 heteroatoms. The molecule has 0 spiro atoms. The molecule has 0 saturated carbocycles. The number of benzene rings is 1. The SMILES string of the molecule is CNCC1CN(C(C)c2ccccc2)CCCN1C. The third-order valence-corrected chi connectivity index (χ3v) is 4.29. The normalized spacial score (nSPS) is 24.1. The third-order valence-electron chi connectivity index (χ3n) is 4.29. The van der Waals surface area contributed by atoms with Crippen molar-refractivity contribution in [2.45, 2.75) is 25.4 Å². The van der Waals surface area contributed by atoms with Gasteiger partial charge in [0.2, 0.25) is 0 Å². The van der Waals surface area contributed by atoms with Crippen LogP contribution in [0.1, 0.15) is 24.9 Å². The van der Waals surface area contributed by atoms with Crippen molar-refractivity contribution in [1.82, 2.24) is 15.1 Å². The fourth-order valence-electron chi connectivity index (χ4n) is 2.96. The lowest BCUT2D eigenvalue weighted by Gasteiger charge is -2.32. The average Bonchev–Trinajstić information content (AvgIpc) is 2.62. The maximum atomic E-state index is 3.33. The highest BCUT2D eigenvalue weighted by atomic mass is 15.3. The van der Waals surface area contributed by atoms with Crippen molar-refractivity contribution in [2.24, 2.45) is 0 Å². The van der Waals surface area contributed by atoms with Gasteiger partial charge in [-0.2, -0.15) is 0 Å². The summed E-state index contributed by atoms with van der Waals surface area (Å²) >= 11 is 0. The molecule has 2 atom stereocenters. The lowest BCUT2D eigenvalue weighted by molar-refractivity contribution is 0.172. The number of hydrogen-bond acceptors (Lipinski definition) is 3. The summed E-state index contributed by atoms with van der Waals surface area (Å²) in [7, 11) is 4.29. The first-order chi connectivity index (χ1) is 9.22. The number of rotatable bonds is 4. The topological polar surface area (TPSA) is 18.5 Å². The smallest absolute Gasteiger partial charge is 0.0344 e. The summed E-state index contributed by atoms with van der Waals surface area (Å²) in [6, 6.07) is 12.0. The van der Waals surface area contributed by atoms with Crippen LogP contribution in [-0.4, -0.2) is 56.1 Å².